The molecular weight excluding hydrogens is 172 g/mol. The van der Waals surface area contributed by atoms with E-state index in [1.54, 1.807) is 0 Å². The van der Waals surface area contributed by atoms with Gasteiger partial charge in [0.1, 0.15) is 0 Å². The molecule has 0 radical (unpaired) electrons. The second-order valence-electron chi connectivity index (χ2n) is 4.13. The fourth-order valence-corrected chi connectivity index (χ4v) is 2.25. The summed E-state index contributed by atoms with van der Waals surface area (Å²) < 4.78 is 0. The number of nitrogens with two attached hydrogens (primary N) is 1. The summed E-state index contributed by atoms with van der Waals surface area (Å²) in [6.07, 6.45) is 10.2. The molecule has 0 amide bonds. The van der Waals surface area contributed by atoms with E-state index in [1.165, 1.54) is 11.3 Å². The Hall–Kier alpha value is -1.02. The standard InChI is InChI=1S/C12H18N2/c1-9-7-11-8-10(5-6-13)3-4-12(11)14(9)2/h3-4,7-8,11-12H,5-6,13H2,1-2H3. The molecule has 0 aromatic carbocycles. The van der Waals surface area contributed by atoms with Gasteiger partial charge in [-0.2, -0.15) is 0 Å². The van der Waals surface area contributed by atoms with Gasteiger partial charge < -0.3 is 10.6 Å². The van der Waals surface area contributed by atoms with Crippen LogP contribution in [0.25, 0.3) is 0 Å². The van der Waals surface area contributed by atoms with Gasteiger partial charge in [0, 0.05) is 18.7 Å². The molecular formula is C12H18N2. The molecule has 2 rings (SSSR count). The number of rotatable bonds is 2. The van der Waals surface area contributed by atoms with Crippen molar-refractivity contribution in [3.05, 3.63) is 35.6 Å². The molecule has 0 aromatic heterocycles. The zero-order valence-corrected chi connectivity index (χ0v) is 8.90. The van der Waals surface area contributed by atoms with E-state index in [0.717, 1.165) is 13.0 Å². The van der Waals surface area contributed by atoms with E-state index in [1.807, 2.05) is 0 Å². The zero-order valence-electron chi connectivity index (χ0n) is 8.90. The summed E-state index contributed by atoms with van der Waals surface area (Å²) in [5.41, 5.74) is 8.30. The molecule has 0 aromatic rings. The van der Waals surface area contributed by atoms with Gasteiger partial charge in [0.05, 0.1) is 6.04 Å². The van der Waals surface area contributed by atoms with E-state index in [9.17, 15) is 0 Å². The van der Waals surface area contributed by atoms with Gasteiger partial charge in [-0.05, 0) is 19.9 Å². The highest BCUT2D eigenvalue weighted by molar-refractivity contribution is 5.34. The molecule has 2 heteroatoms. The maximum Gasteiger partial charge on any atom is 0.0568 e. The molecule has 0 spiro atoms. The van der Waals surface area contributed by atoms with Crippen LogP contribution in [-0.4, -0.2) is 24.5 Å². The molecule has 2 nitrogen and oxygen atoms in total. The van der Waals surface area contributed by atoms with Crippen LogP contribution in [0.1, 0.15) is 13.3 Å². The Morgan fingerprint density at radius 1 is 1.43 bits per heavy atom. The number of likely N-dealkylation sites (N-methyl/N-ethyl adjacent to an activating group) is 1. The van der Waals surface area contributed by atoms with Gasteiger partial charge in [0.2, 0.25) is 0 Å². The average Bonchev–Trinajstić information content (AvgIpc) is 2.43. The second kappa shape index (κ2) is 3.62. The lowest BCUT2D eigenvalue weighted by Crippen LogP contribution is -2.29. The van der Waals surface area contributed by atoms with Crippen molar-refractivity contribution in [1.29, 1.82) is 0 Å². The molecule has 1 heterocycles. The summed E-state index contributed by atoms with van der Waals surface area (Å²) >= 11 is 0. The molecule has 1 aliphatic heterocycles. The quantitative estimate of drug-likeness (QED) is 0.717. The fourth-order valence-electron chi connectivity index (χ4n) is 2.25. The van der Waals surface area contributed by atoms with E-state index >= 15 is 0 Å². The van der Waals surface area contributed by atoms with E-state index in [0.29, 0.717) is 12.0 Å². The fraction of sp³-hybridized carbons (Fsp3) is 0.500. The minimum absolute atomic E-state index is 0.538. The lowest BCUT2D eigenvalue weighted by atomic mass is 9.92. The van der Waals surface area contributed by atoms with Crippen molar-refractivity contribution >= 4 is 0 Å². The van der Waals surface area contributed by atoms with Crippen molar-refractivity contribution in [3.63, 3.8) is 0 Å². The predicted octanol–water partition coefficient (Wildman–Crippen LogP) is 1.67. The lowest BCUT2D eigenvalue weighted by molar-refractivity contribution is 0.356. The van der Waals surface area contributed by atoms with E-state index in [-0.39, 0.29) is 0 Å². The monoisotopic (exact) mass is 190 g/mol. The van der Waals surface area contributed by atoms with E-state index in [2.05, 4.69) is 43.2 Å². The highest BCUT2D eigenvalue weighted by atomic mass is 15.2. The van der Waals surface area contributed by atoms with Crippen LogP contribution in [-0.2, 0) is 0 Å². The van der Waals surface area contributed by atoms with Crippen LogP contribution < -0.4 is 5.73 Å². The molecule has 14 heavy (non-hydrogen) atoms. The summed E-state index contributed by atoms with van der Waals surface area (Å²) in [7, 11) is 2.16. The van der Waals surface area contributed by atoms with E-state index < -0.39 is 0 Å². The first-order chi connectivity index (χ1) is 6.72. The molecule has 2 N–H and O–H groups in total. The normalized spacial score (nSPS) is 30.1. The van der Waals surface area contributed by atoms with Gasteiger partial charge >= 0.3 is 0 Å². The maximum absolute atomic E-state index is 5.55. The summed E-state index contributed by atoms with van der Waals surface area (Å²) in [4.78, 5) is 2.33. The third kappa shape index (κ3) is 1.50. The van der Waals surface area contributed by atoms with Crippen molar-refractivity contribution in [2.75, 3.05) is 13.6 Å². The van der Waals surface area contributed by atoms with Crippen molar-refractivity contribution in [2.45, 2.75) is 19.4 Å². The molecule has 0 saturated carbocycles. The molecule has 2 aliphatic rings. The van der Waals surface area contributed by atoms with Crippen molar-refractivity contribution in [2.24, 2.45) is 11.7 Å². The van der Waals surface area contributed by atoms with Gasteiger partial charge in [0.25, 0.3) is 0 Å². The van der Waals surface area contributed by atoms with Gasteiger partial charge in [-0.15, -0.1) is 0 Å². The van der Waals surface area contributed by atoms with E-state index in [4.69, 9.17) is 5.73 Å². The smallest absolute Gasteiger partial charge is 0.0568 e. The largest absolute Gasteiger partial charge is 0.371 e. The highest BCUT2D eigenvalue weighted by Gasteiger charge is 2.28. The first kappa shape index (κ1) is 9.53. The Kier molecular flexibility index (Phi) is 2.46. The highest BCUT2D eigenvalue weighted by Crippen LogP contribution is 2.31. The Labute approximate surface area is 85.8 Å². The molecule has 0 fully saturated rings. The van der Waals surface area contributed by atoms with Crippen LogP contribution >= 0.6 is 0 Å². The number of nitrogens with zero attached hydrogens (tertiary/aromatic N) is 1. The SMILES string of the molecule is CC1=CC2C=C(CCN)C=CC2N1C. The van der Waals surface area contributed by atoms with Crippen LogP contribution in [0.15, 0.2) is 35.6 Å². The zero-order chi connectivity index (χ0) is 10.1. The Morgan fingerprint density at radius 2 is 2.21 bits per heavy atom. The summed E-state index contributed by atoms with van der Waals surface area (Å²) in [5.74, 6) is 0.562. The van der Waals surface area contributed by atoms with Crippen LogP contribution in [0.2, 0.25) is 0 Å². The third-order valence-electron chi connectivity index (χ3n) is 3.18. The summed E-state index contributed by atoms with van der Waals surface area (Å²) in [5, 5.41) is 0. The van der Waals surface area contributed by atoms with Crippen LogP contribution in [0.4, 0.5) is 0 Å². The number of hydrogen-bond acceptors (Lipinski definition) is 2. The van der Waals surface area contributed by atoms with Gasteiger partial charge in [-0.1, -0.05) is 29.9 Å². The Morgan fingerprint density at radius 3 is 2.93 bits per heavy atom. The molecule has 0 saturated heterocycles. The van der Waals surface area contributed by atoms with Crippen molar-refractivity contribution < 1.29 is 0 Å². The number of allylic oxidation sites excluding steroid dienone is 2. The average molecular weight is 190 g/mol. The number of fused-ring (bicyclic) bond motifs is 1. The van der Waals surface area contributed by atoms with Crippen LogP contribution in [0, 0.1) is 5.92 Å². The second-order valence-corrected chi connectivity index (χ2v) is 4.13. The minimum atomic E-state index is 0.538. The van der Waals surface area contributed by atoms with Crippen molar-refractivity contribution in [1.82, 2.24) is 4.90 Å². The summed E-state index contributed by atoms with van der Waals surface area (Å²) in [6.45, 7) is 2.91. The first-order valence-corrected chi connectivity index (χ1v) is 5.22. The maximum atomic E-state index is 5.55. The number of hydrogen-bond donors (Lipinski definition) is 1. The minimum Gasteiger partial charge on any atom is -0.371 e. The van der Waals surface area contributed by atoms with Gasteiger partial charge in [-0.3, -0.25) is 0 Å². The van der Waals surface area contributed by atoms with Crippen molar-refractivity contribution in [3.8, 4) is 0 Å². The molecule has 2 unspecified atom stereocenters. The first-order valence-electron chi connectivity index (χ1n) is 5.22. The topological polar surface area (TPSA) is 29.3 Å². The molecule has 0 bridgehead atoms. The summed E-state index contributed by atoms with van der Waals surface area (Å²) in [6, 6.07) is 0.538. The van der Waals surface area contributed by atoms with Gasteiger partial charge in [0.15, 0.2) is 0 Å². The predicted molar refractivity (Wildman–Crippen MR) is 59.7 cm³/mol. The molecule has 76 valence electrons. The van der Waals surface area contributed by atoms with Crippen LogP contribution in [0.3, 0.4) is 0 Å². The Balaban J connectivity index is 2.16. The molecule has 2 atom stereocenters. The molecule has 1 aliphatic carbocycles. The Bertz CT molecular complexity index is 312. The third-order valence-corrected chi connectivity index (χ3v) is 3.18. The van der Waals surface area contributed by atoms with Gasteiger partial charge in [-0.25, -0.2) is 0 Å². The van der Waals surface area contributed by atoms with Crippen LogP contribution in [0.5, 0.6) is 0 Å². The lowest BCUT2D eigenvalue weighted by Gasteiger charge is -2.26.